The van der Waals surface area contributed by atoms with E-state index in [0.717, 1.165) is 28.5 Å². The van der Waals surface area contributed by atoms with Crippen LogP contribution in [0.25, 0.3) is 0 Å². The standard InChI is InChI=1S/C21H26N2O4S/c1-13-6-8-17(15(3)10-13)16(4)22-21(24)20-12-23(28(5,25)26)18-11-14(2)7-9-19(18)27-20/h6-11,16,20H,12H2,1-5H3,(H,22,24)/t16-,20-/m1/s1. The minimum Gasteiger partial charge on any atom is -0.476 e. The molecule has 0 saturated heterocycles. The third-order valence-electron chi connectivity index (χ3n) is 4.93. The SMILES string of the molecule is Cc1ccc([C@@H](C)NC(=O)[C@H]2CN(S(C)(=O)=O)c3cc(C)ccc3O2)c(C)c1. The van der Waals surface area contributed by atoms with Crippen LogP contribution in [0, 0.1) is 20.8 Å². The summed E-state index contributed by atoms with van der Waals surface area (Å²) in [6, 6.07) is 11.1. The smallest absolute Gasteiger partial charge is 0.263 e. The van der Waals surface area contributed by atoms with E-state index in [9.17, 15) is 13.2 Å². The Hall–Kier alpha value is -2.54. The van der Waals surface area contributed by atoms with Crippen LogP contribution in [-0.2, 0) is 14.8 Å². The Bertz CT molecular complexity index is 1020. The molecule has 1 N–H and O–H groups in total. The van der Waals surface area contributed by atoms with Crippen molar-refractivity contribution in [3.63, 3.8) is 0 Å². The average molecular weight is 403 g/mol. The molecule has 7 heteroatoms. The predicted octanol–water partition coefficient (Wildman–Crippen LogP) is 3.02. The van der Waals surface area contributed by atoms with Crippen molar-refractivity contribution in [2.75, 3.05) is 17.1 Å². The van der Waals surface area contributed by atoms with Gasteiger partial charge in [-0.05, 0) is 56.5 Å². The topological polar surface area (TPSA) is 75.7 Å². The van der Waals surface area contributed by atoms with Crippen molar-refractivity contribution in [2.24, 2.45) is 0 Å². The summed E-state index contributed by atoms with van der Waals surface area (Å²) < 4.78 is 31.7. The minimum atomic E-state index is -3.54. The zero-order valence-electron chi connectivity index (χ0n) is 16.8. The molecule has 1 aliphatic heterocycles. The van der Waals surface area contributed by atoms with Gasteiger partial charge in [-0.25, -0.2) is 8.42 Å². The largest absolute Gasteiger partial charge is 0.476 e. The highest BCUT2D eigenvalue weighted by atomic mass is 32.2. The van der Waals surface area contributed by atoms with Crippen molar-refractivity contribution in [3.05, 3.63) is 58.7 Å². The monoisotopic (exact) mass is 402 g/mol. The summed E-state index contributed by atoms with van der Waals surface area (Å²) in [7, 11) is -3.54. The summed E-state index contributed by atoms with van der Waals surface area (Å²) in [5, 5.41) is 2.95. The number of amides is 1. The fourth-order valence-corrected chi connectivity index (χ4v) is 4.41. The molecule has 0 spiro atoms. The van der Waals surface area contributed by atoms with E-state index < -0.39 is 16.1 Å². The van der Waals surface area contributed by atoms with Gasteiger partial charge in [-0.15, -0.1) is 0 Å². The Morgan fingerprint density at radius 2 is 1.79 bits per heavy atom. The molecule has 1 heterocycles. The second-order valence-corrected chi connectivity index (χ2v) is 9.37. The lowest BCUT2D eigenvalue weighted by Gasteiger charge is -2.34. The van der Waals surface area contributed by atoms with Gasteiger partial charge < -0.3 is 10.1 Å². The van der Waals surface area contributed by atoms with Crippen LogP contribution < -0.4 is 14.4 Å². The Kier molecular flexibility index (Phi) is 5.39. The number of rotatable bonds is 4. The summed E-state index contributed by atoms with van der Waals surface area (Å²) in [5.74, 6) is 0.0499. The number of fused-ring (bicyclic) bond motifs is 1. The first kappa shape index (κ1) is 20.2. The van der Waals surface area contributed by atoms with Crippen molar-refractivity contribution < 1.29 is 17.9 Å². The summed E-state index contributed by atoms with van der Waals surface area (Å²) >= 11 is 0. The van der Waals surface area contributed by atoms with Crippen molar-refractivity contribution in [1.82, 2.24) is 5.32 Å². The van der Waals surface area contributed by atoms with E-state index in [0.29, 0.717) is 11.4 Å². The number of nitrogens with zero attached hydrogens (tertiary/aromatic N) is 1. The number of carbonyl (C=O) groups excluding carboxylic acids is 1. The molecule has 1 amide bonds. The number of benzene rings is 2. The number of hydrogen-bond acceptors (Lipinski definition) is 4. The molecule has 0 radical (unpaired) electrons. The third kappa shape index (κ3) is 4.14. The average Bonchev–Trinajstić information content (AvgIpc) is 2.59. The van der Waals surface area contributed by atoms with Gasteiger partial charge in [0.25, 0.3) is 5.91 Å². The second-order valence-electron chi connectivity index (χ2n) is 7.46. The van der Waals surface area contributed by atoms with Gasteiger partial charge in [-0.3, -0.25) is 9.10 Å². The molecule has 6 nitrogen and oxygen atoms in total. The molecule has 0 fully saturated rings. The molecule has 2 aromatic carbocycles. The molecule has 0 aliphatic carbocycles. The number of anilines is 1. The van der Waals surface area contributed by atoms with E-state index in [1.165, 1.54) is 4.31 Å². The first-order valence-corrected chi connectivity index (χ1v) is 11.0. The second kappa shape index (κ2) is 7.47. The summed E-state index contributed by atoms with van der Waals surface area (Å²) in [6.07, 6.45) is 0.218. The maximum atomic E-state index is 12.9. The number of hydrogen-bond donors (Lipinski definition) is 1. The molecule has 0 unspecified atom stereocenters. The highest BCUT2D eigenvalue weighted by molar-refractivity contribution is 7.92. The van der Waals surface area contributed by atoms with Gasteiger partial charge in [0.1, 0.15) is 5.75 Å². The van der Waals surface area contributed by atoms with E-state index in [-0.39, 0.29) is 18.5 Å². The lowest BCUT2D eigenvalue weighted by atomic mass is 10.00. The van der Waals surface area contributed by atoms with Crippen LogP contribution in [0.2, 0.25) is 0 Å². The van der Waals surface area contributed by atoms with Gasteiger partial charge in [0.2, 0.25) is 10.0 Å². The van der Waals surface area contributed by atoms with Crippen LogP contribution in [0.15, 0.2) is 36.4 Å². The fraction of sp³-hybridized carbons (Fsp3) is 0.381. The van der Waals surface area contributed by atoms with Gasteiger partial charge in [-0.2, -0.15) is 0 Å². The first-order valence-electron chi connectivity index (χ1n) is 9.19. The van der Waals surface area contributed by atoms with Crippen LogP contribution in [-0.4, -0.2) is 33.2 Å². The van der Waals surface area contributed by atoms with Crippen LogP contribution in [0.5, 0.6) is 5.75 Å². The van der Waals surface area contributed by atoms with E-state index in [4.69, 9.17) is 4.74 Å². The Labute approximate surface area is 166 Å². The van der Waals surface area contributed by atoms with Crippen LogP contribution in [0.1, 0.15) is 35.2 Å². The molecular formula is C21H26N2O4S. The highest BCUT2D eigenvalue weighted by Crippen LogP contribution is 2.36. The molecule has 150 valence electrons. The summed E-state index contributed by atoms with van der Waals surface area (Å²) in [6.45, 7) is 7.76. The molecular weight excluding hydrogens is 376 g/mol. The first-order chi connectivity index (χ1) is 13.1. The normalized spacial score (nSPS) is 17.5. The molecule has 0 saturated carbocycles. The number of aryl methyl sites for hydroxylation is 3. The molecule has 0 bridgehead atoms. The highest BCUT2D eigenvalue weighted by Gasteiger charge is 2.35. The maximum Gasteiger partial charge on any atom is 0.263 e. The quantitative estimate of drug-likeness (QED) is 0.853. The molecule has 2 aromatic rings. The Balaban J connectivity index is 1.83. The number of nitrogens with one attached hydrogen (secondary N) is 1. The summed E-state index contributed by atoms with van der Waals surface area (Å²) in [5.41, 5.74) is 4.66. The molecule has 28 heavy (non-hydrogen) atoms. The van der Waals surface area contributed by atoms with E-state index >= 15 is 0 Å². The zero-order chi connectivity index (χ0) is 20.6. The number of ether oxygens (including phenoxy) is 1. The molecule has 2 atom stereocenters. The van der Waals surface area contributed by atoms with Crippen molar-refractivity contribution in [1.29, 1.82) is 0 Å². The van der Waals surface area contributed by atoms with Gasteiger partial charge in [0.15, 0.2) is 6.10 Å². The maximum absolute atomic E-state index is 12.9. The lowest BCUT2D eigenvalue weighted by Crippen LogP contribution is -2.50. The molecule has 0 aromatic heterocycles. The minimum absolute atomic E-state index is 0.0548. The van der Waals surface area contributed by atoms with Gasteiger partial charge >= 0.3 is 0 Å². The fourth-order valence-electron chi connectivity index (χ4n) is 3.51. The third-order valence-corrected chi connectivity index (χ3v) is 6.07. The van der Waals surface area contributed by atoms with Gasteiger partial charge in [-0.1, -0.05) is 29.8 Å². The predicted molar refractivity (Wildman–Crippen MR) is 110 cm³/mol. The molecule has 3 rings (SSSR count). The van der Waals surface area contributed by atoms with E-state index in [1.54, 1.807) is 12.1 Å². The van der Waals surface area contributed by atoms with Crippen LogP contribution in [0.3, 0.4) is 0 Å². The van der Waals surface area contributed by atoms with Crippen molar-refractivity contribution >= 4 is 21.6 Å². The number of sulfonamides is 1. The molecule has 1 aliphatic rings. The lowest BCUT2D eigenvalue weighted by molar-refractivity contribution is -0.128. The van der Waals surface area contributed by atoms with E-state index in [2.05, 4.69) is 11.4 Å². The van der Waals surface area contributed by atoms with Gasteiger partial charge in [0.05, 0.1) is 24.5 Å². The van der Waals surface area contributed by atoms with Crippen molar-refractivity contribution in [2.45, 2.75) is 39.8 Å². The Morgan fingerprint density at radius 3 is 2.43 bits per heavy atom. The van der Waals surface area contributed by atoms with Crippen LogP contribution in [0.4, 0.5) is 5.69 Å². The zero-order valence-corrected chi connectivity index (χ0v) is 17.6. The summed E-state index contributed by atoms with van der Waals surface area (Å²) in [4.78, 5) is 12.9. The van der Waals surface area contributed by atoms with Crippen molar-refractivity contribution in [3.8, 4) is 5.75 Å². The Morgan fingerprint density at radius 1 is 1.14 bits per heavy atom. The van der Waals surface area contributed by atoms with Gasteiger partial charge in [0, 0.05) is 0 Å². The van der Waals surface area contributed by atoms with Crippen LogP contribution >= 0.6 is 0 Å². The van der Waals surface area contributed by atoms with E-state index in [1.807, 2.05) is 45.9 Å². The number of carbonyl (C=O) groups is 1.